The summed E-state index contributed by atoms with van der Waals surface area (Å²) in [6.07, 6.45) is 3.41. The number of piperidine rings is 1. The van der Waals surface area contributed by atoms with Crippen molar-refractivity contribution in [2.45, 2.75) is 33.1 Å². The van der Waals surface area contributed by atoms with Crippen molar-refractivity contribution in [1.82, 2.24) is 10.2 Å². The minimum atomic E-state index is 0.230. The van der Waals surface area contributed by atoms with E-state index in [4.69, 9.17) is 0 Å². The predicted octanol–water partition coefficient (Wildman–Crippen LogP) is 2.91. The van der Waals surface area contributed by atoms with Crippen molar-refractivity contribution in [2.75, 3.05) is 26.2 Å². The molecule has 0 saturated carbocycles. The topological polar surface area (TPSA) is 32.3 Å². The monoisotopic (exact) mass is 280 g/mol. The lowest BCUT2D eigenvalue weighted by atomic mass is 9.97. The molecule has 4 heteroatoms. The standard InChI is InChI=1S/C15H24N2OS/c1-3-9-17(11-13-4-7-16-8-5-13)15(18)14-12(2)6-10-19-14/h6,10,13,16H,3-5,7-9,11H2,1-2H3. The van der Waals surface area contributed by atoms with E-state index in [2.05, 4.69) is 17.1 Å². The van der Waals surface area contributed by atoms with E-state index in [0.29, 0.717) is 5.92 Å². The molecule has 1 aliphatic rings. The van der Waals surface area contributed by atoms with Gasteiger partial charge in [0.25, 0.3) is 5.91 Å². The van der Waals surface area contributed by atoms with Crippen LogP contribution in [0.15, 0.2) is 11.4 Å². The first kappa shape index (κ1) is 14.5. The summed E-state index contributed by atoms with van der Waals surface area (Å²) in [5, 5.41) is 5.40. The van der Waals surface area contributed by atoms with Crippen LogP contribution in [0, 0.1) is 12.8 Å². The molecule has 0 spiro atoms. The Morgan fingerprint density at radius 1 is 1.47 bits per heavy atom. The molecule has 0 radical (unpaired) electrons. The number of thiophene rings is 1. The van der Waals surface area contributed by atoms with Gasteiger partial charge in [-0.25, -0.2) is 0 Å². The van der Waals surface area contributed by atoms with E-state index in [1.807, 2.05) is 18.4 Å². The van der Waals surface area contributed by atoms with Crippen molar-refractivity contribution in [3.8, 4) is 0 Å². The number of nitrogens with zero attached hydrogens (tertiary/aromatic N) is 1. The zero-order valence-corrected chi connectivity index (χ0v) is 12.8. The molecular formula is C15H24N2OS. The number of amides is 1. The summed E-state index contributed by atoms with van der Waals surface area (Å²) in [5.41, 5.74) is 1.11. The zero-order valence-electron chi connectivity index (χ0n) is 11.9. The second-order valence-electron chi connectivity index (χ2n) is 5.38. The van der Waals surface area contributed by atoms with Gasteiger partial charge >= 0.3 is 0 Å². The van der Waals surface area contributed by atoms with Gasteiger partial charge in [-0.1, -0.05) is 6.92 Å². The van der Waals surface area contributed by atoms with E-state index in [1.165, 1.54) is 12.8 Å². The number of rotatable bonds is 5. The van der Waals surface area contributed by atoms with E-state index >= 15 is 0 Å². The van der Waals surface area contributed by atoms with Gasteiger partial charge in [0, 0.05) is 13.1 Å². The Labute approximate surface area is 120 Å². The van der Waals surface area contributed by atoms with Crippen molar-refractivity contribution in [3.05, 3.63) is 21.9 Å². The van der Waals surface area contributed by atoms with Crippen LogP contribution in [-0.4, -0.2) is 37.0 Å². The quantitative estimate of drug-likeness (QED) is 0.899. The Kier molecular flexibility index (Phi) is 5.40. The maximum absolute atomic E-state index is 12.6. The molecule has 2 rings (SSSR count). The van der Waals surface area contributed by atoms with Crippen LogP contribution in [0.2, 0.25) is 0 Å². The highest BCUT2D eigenvalue weighted by molar-refractivity contribution is 7.12. The molecule has 0 aliphatic carbocycles. The zero-order chi connectivity index (χ0) is 13.7. The van der Waals surface area contributed by atoms with Gasteiger partial charge in [-0.05, 0) is 62.2 Å². The van der Waals surface area contributed by atoms with Crippen LogP contribution in [0.4, 0.5) is 0 Å². The molecule has 1 aromatic heterocycles. The van der Waals surface area contributed by atoms with Gasteiger partial charge in [-0.15, -0.1) is 11.3 Å². The molecule has 1 aliphatic heterocycles. The van der Waals surface area contributed by atoms with Gasteiger partial charge in [-0.2, -0.15) is 0 Å². The number of hydrogen-bond donors (Lipinski definition) is 1. The first-order valence-electron chi connectivity index (χ1n) is 7.26. The molecule has 0 unspecified atom stereocenters. The number of aryl methyl sites for hydroxylation is 1. The van der Waals surface area contributed by atoms with Crippen LogP contribution in [0.3, 0.4) is 0 Å². The van der Waals surface area contributed by atoms with Crippen LogP contribution >= 0.6 is 11.3 Å². The van der Waals surface area contributed by atoms with Crippen molar-refractivity contribution < 1.29 is 4.79 Å². The van der Waals surface area contributed by atoms with Gasteiger partial charge < -0.3 is 10.2 Å². The summed E-state index contributed by atoms with van der Waals surface area (Å²) in [4.78, 5) is 15.6. The van der Waals surface area contributed by atoms with E-state index < -0.39 is 0 Å². The van der Waals surface area contributed by atoms with Crippen molar-refractivity contribution >= 4 is 17.2 Å². The Morgan fingerprint density at radius 2 is 2.21 bits per heavy atom. The maximum atomic E-state index is 12.6. The van der Waals surface area contributed by atoms with Gasteiger partial charge in [0.05, 0.1) is 4.88 Å². The van der Waals surface area contributed by atoms with Crippen LogP contribution in [-0.2, 0) is 0 Å². The molecule has 1 aromatic rings. The molecule has 2 heterocycles. The SMILES string of the molecule is CCCN(CC1CCNCC1)C(=O)c1sccc1C. The molecule has 1 amide bonds. The summed E-state index contributed by atoms with van der Waals surface area (Å²) < 4.78 is 0. The second kappa shape index (κ2) is 7.06. The van der Waals surface area contributed by atoms with Crippen LogP contribution in [0.25, 0.3) is 0 Å². The first-order valence-corrected chi connectivity index (χ1v) is 8.14. The van der Waals surface area contributed by atoms with E-state index in [0.717, 1.165) is 43.0 Å². The molecule has 0 atom stereocenters. The predicted molar refractivity (Wildman–Crippen MR) is 80.8 cm³/mol. The molecule has 0 aromatic carbocycles. The summed E-state index contributed by atoms with van der Waals surface area (Å²) in [7, 11) is 0. The Bertz CT molecular complexity index is 410. The Morgan fingerprint density at radius 3 is 2.79 bits per heavy atom. The average molecular weight is 280 g/mol. The van der Waals surface area contributed by atoms with Crippen LogP contribution < -0.4 is 5.32 Å². The highest BCUT2D eigenvalue weighted by atomic mass is 32.1. The summed E-state index contributed by atoms with van der Waals surface area (Å²) >= 11 is 1.57. The fourth-order valence-corrected chi connectivity index (χ4v) is 3.55. The summed E-state index contributed by atoms with van der Waals surface area (Å²) in [5.74, 6) is 0.893. The van der Waals surface area contributed by atoms with E-state index in [1.54, 1.807) is 11.3 Å². The number of nitrogens with one attached hydrogen (secondary N) is 1. The maximum Gasteiger partial charge on any atom is 0.264 e. The van der Waals surface area contributed by atoms with Gasteiger partial charge in [0.1, 0.15) is 0 Å². The smallest absolute Gasteiger partial charge is 0.264 e. The molecule has 1 saturated heterocycles. The Balaban J connectivity index is 2.02. The minimum absolute atomic E-state index is 0.230. The van der Waals surface area contributed by atoms with Crippen LogP contribution in [0.5, 0.6) is 0 Å². The van der Waals surface area contributed by atoms with Gasteiger partial charge in [0.2, 0.25) is 0 Å². The fourth-order valence-electron chi connectivity index (χ4n) is 2.66. The summed E-state index contributed by atoms with van der Waals surface area (Å²) in [6.45, 7) is 8.15. The fraction of sp³-hybridized carbons (Fsp3) is 0.667. The highest BCUT2D eigenvalue weighted by Crippen LogP contribution is 2.20. The van der Waals surface area contributed by atoms with Crippen molar-refractivity contribution in [2.24, 2.45) is 5.92 Å². The highest BCUT2D eigenvalue weighted by Gasteiger charge is 2.22. The van der Waals surface area contributed by atoms with Gasteiger partial charge in [0.15, 0.2) is 0 Å². The molecule has 19 heavy (non-hydrogen) atoms. The van der Waals surface area contributed by atoms with Crippen LogP contribution in [0.1, 0.15) is 41.4 Å². The lowest BCUT2D eigenvalue weighted by Crippen LogP contribution is -2.39. The molecule has 1 fully saturated rings. The minimum Gasteiger partial charge on any atom is -0.338 e. The molecule has 1 N–H and O–H groups in total. The molecule has 106 valence electrons. The molecular weight excluding hydrogens is 256 g/mol. The van der Waals surface area contributed by atoms with E-state index in [-0.39, 0.29) is 5.91 Å². The average Bonchev–Trinajstić information content (AvgIpc) is 2.85. The lowest BCUT2D eigenvalue weighted by molar-refractivity contribution is 0.0720. The van der Waals surface area contributed by atoms with E-state index in [9.17, 15) is 4.79 Å². The van der Waals surface area contributed by atoms with Crippen molar-refractivity contribution in [3.63, 3.8) is 0 Å². The van der Waals surface area contributed by atoms with Crippen molar-refractivity contribution in [1.29, 1.82) is 0 Å². The third-order valence-electron chi connectivity index (χ3n) is 3.77. The third kappa shape index (κ3) is 3.80. The number of carbonyl (C=O) groups is 1. The largest absolute Gasteiger partial charge is 0.338 e. The molecule has 0 bridgehead atoms. The first-order chi connectivity index (χ1) is 9.22. The Hall–Kier alpha value is -0.870. The summed E-state index contributed by atoms with van der Waals surface area (Å²) in [6, 6.07) is 2.03. The normalized spacial score (nSPS) is 16.5. The second-order valence-corrected chi connectivity index (χ2v) is 6.29. The van der Waals surface area contributed by atoms with Gasteiger partial charge in [-0.3, -0.25) is 4.79 Å². The third-order valence-corrected chi connectivity index (χ3v) is 4.78. The number of carbonyl (C=O) groups excluding carboxylic acids is 1. The molecule has 3 nitrogen and oxygen atoms in total. The number of hydrogen-bond acceptors (Lipinski definition) is 3. The lowest BCUT2D eigenvalue weighted by Gasteiger charge is -2.30.